The average molecular weight is 466 g/mol. The molecule has 0 spiro atoms. The van der Waals surface area contributed by atoms with E-state index in [9.17, 15) is 4.79 Å². The van der Waals surface area contributed by atoms with Crippen LogP contribution in [0.25, 0.3) is 16.6 Å². The Morgan fingerprint density at radius 1 is 0.800 bits per heavy atom. The monoisotopic (exact) mass is 465 g/mol. The molecule has 2 aliphatic rings. The van der Waals surface area contributed by atoms with Crippen molar-refractivity contribution < 1.29 is 4.79 Å². The minimum Gasteiger partial charge on any atom is -0.369 e. The maximum absolute atomic E-state index is 12.3. The van der Waals surface area contributed by atoms with Crippen molar-refractivity contribution in [3.63, 3.8) is 0 Å². The number of piperazine rings is 1. The SMILES string of the molecule is CN1CCN(c2ccc(Nc3ccc4c(ccn4-c4ccc(C(=O)NC5CC5)cc4)c3)cc2)CC1. The number of fused-ring (bicyclic) bond motifs is 1. The maximum atomic E-state index is 12.3. The van der Waals surface area contributed by atoms with Crippen molar-refractivity contribution in [3.8, 4) is 5.69 Å². The van der Waals surface area contributed by atoms with Gasteiger partial charge < -0.3 is 25.0 Å². The molecule has 35 heavy (non-hydrogen) atoms. The summed E-state index contributed by atoms with van der Waals surface area (Å²) in [6.07, 6.45) is 4.27. The van der Waals surface area contributed by atoms with Crippen molar-refractivity contribution >= 4 is 33.9 Å². The van der Waals surface area contributed by atoms with Crippen molar-refractivity contribution in [2.75, 3.05) is 43.4 Å². The fraction of sp³-hybridized carbons (Fsp3) is 0.276. The summed E-state index contributed by atoms with van der Waals surface area (Å²) in [5.74, 6) is 0.0173. The van der Waals surface area contributed by atoms with Gasteiger partial charge in [-0.1, -0.05) is 0 Å². The van der Waals surface area contributed by atoms with E-state index in [4.69, 9.17) is 0 Å². The van der Waals surface area contributed by atoms with Gasteiger partial charge in [-0.25, -0.2) is 0 Å². The molecule has 2 fully saturated rings. The van der Waals surface area contributed by atoms with E-state index in [0.717, 1.165) is 61.6 Å². The van der Waals surface area contributed by atoms with Crippen LogP contribution in [0.1, 0.15) is 23.2 Å². The number of rotatable bonds is 6. The summed E-state index contributed by atoms with van der Waals surface area (Å²) < 4.78 is 2.16. The van der Waals surface area contributed by atoms with Crippen molar-refractivity contribution in [3.05, 3.63) is 84.6 Å². The average Bonchev–Trinajstić information content (AvgIpc) is 3.60. The molecule has 1 amide bonds. The largest absolute Gasteiger partial charge is 0.369 e. The molecule has 0 atom stereocenters. The predicted octanol–water partition coefficient (Wildman–Crippen LogP) is 5.02. The van der Waals surface area contributed by atoms with Crippen LogP contribution >= 0.6 is 0 Å². The van der Waals surface area contributed by atoms with Gasteiger partial charge in [0, 0.05) is 72.1 Å². The van der Waals surface area contributed by atoms with Crippen LogP contribution < -0.4 is 15.5 Å². The molecule has 1 saturated carbocycles. The summed E-state index contributed by atoms with van der Waals surface area (Å²) in [6, 6.07) is 25.5. The Kier molecular flexibility index (Phi) is 5.66. The molecule has 1 aromatic heterocycles. The second-order valence-electron chi connectivity index (χ2n) is 9.72. The highest BCUT2D eigenvalue weighted by Crippen LogP contribution is 2.27. The van der Waals surface area contributed by atoms with Gasteiger partial charge >= 0.3 is 0 Å². The molecule has 2 N–H and O–H groups in total. The van der Waals surface area contributed by atoms with Gasteiger partial charge in [0.15, 0.2) is 0 Å². The van der Waals surface area contributed by atoms with E-state index < -0.39 is 0 Å². The number of nitrogens with zero attached hydrogens (tertiary/aromatic N) is 3. The van der Waals surface area contributed by atoms with Crippen molar-refractivity contribution in [1.29, 1.82) is 0 Å². The topological polar surface area (TPSA) is 52.5 Å². The van der Waals surface area contributed by atoms with E-state index in [1.807, 2.05) is 24.3 Å². The zero-order valence-electron chi connectivity index (χ0n) is 20.1. The minimum absolute atomic E-state index is 0.0173. The molecule has 178 valence electrons. The Morgan fingerprint density at radius 2 is 1.49 bits per heavy atom. The normalized spacial score (nSPS) is 16.4. The highest BCUT2D eigenvalue weighted by molar-refractivity contribution is 5.95. The summed E-state index contributed by atoms with van der Waals surface area (Å²) in [7, 11) is 2.18. The molecule has 6 nitrogen and oxygen atoms in total. The van der Waals surface area contributed by atoms with Crippen LogP contribution in [0.4, 0.5) is 17.1 Å². The summed E-state index contributed by atoms with van der Waals surface area (Å²) in [5.41, 5.74) is 6.32. The zero-order chi connectivity index (χ0) is 23.8. The third-order valence-corrected chi connectivity index (χ3v) is 7.03. The van der Waals surface area contributed by atoms with Crippen LogP contribution in [-0.4, -0.2) is 54.6 Å². The molecule has 0 unspecified atom stereocenters. The summed E-state index contributed by atoms with van der Waals surface area (Å²) >= 11 is 0. The van der Waals surface area contributed by atoms with Crippen LogP contribution in [0.5, 0.6) is 0 Å². The highest BCUT2D eigenvalue weighted by atomic mass is 16.1. The van der Waals surface area contributed by atoms with Gasteiger partial charge in [0.2, 0.25) is 0 Å². The van der Waals surface area contributed by atoms with Crippen molar-refractivity contribution in [2.24, 2.45) is 0 Å². The van der Waals surface area contributed by atoms with E-state index in [1.165, 1.54) is 11.1 Å². The Hall–Kier alpha value is -3.77. The third-order valence-electron chi connectivity index (χ3n) is 7.03. The van der Waals surface area contributed by atoms with E-state index >= 15 is 0 Å². The fourth-order valence-corrected chi connectivity index (χ4v) is 4.70. The highest BCUT2D eigenvalue weighted by Gasteiger charge is 2.23. The predicted molar refractivity (Wildman–Crippen MR) is 143 cm³/mol. The van der Waals surface area contributed by atoms with E-state index in [0.29, 0.717) is 11.6 Å². The molecular weight excluding hydrogens is 434 g/mol. The summed E-state index contributed by atoms with van der Waals surface area (Å²) in [6.45, 7) is 4.37. The second kappa shape index (κ2) is 9.12. The van der Waals surface area contributed by atoms with Crippen LogP contribution in [0.15, 0.2) is 79.0 Å². The molecule has 4 aromatic rings. The number of amides is 1. The smallest absolute Gasteiger partial charge is 0.251 e. The number of anilines is 3. The van der Waals surface area contributed by atoms with Crippen LogP contribution in [0.2, 0.25) is 0 Å². The van der Waals surface area contributed by atoms with Crippen LogP contribution in [-0.2, 0) is 0 Å². The van der Waals surface area contributed by atoms with Gasteiger partial charge in [-0.3, -0.25) is 4.79 Å². The first-order chi connectivity index (χ1) is 17.1. The first-order valence-electron chi connectivity index (χ1n) is 12.5. The fourth-order valence-electron chi connectivity index (χ4n) is 4.70. The van der Waals surface area contributed by atoms with Gasteiger partial charge in [0.05, 0.1) is 5.52 Å². The van der Waals surface area contributed by atoms with E-state index in [-0.39, 0.29) is 5.91 Å². The molecule has 6 rings (SSSR count). The number of carbonyl (C=O) groups excluding carboxylic acids is 1. The molecular formula is C29H31N5O. The third kappa shape index (κ3) is 4.75. The standard InChI is InChI=1S/C29H31N5O/c1-32-16-18-33(19-17-32)26-11-6-23(7-12-26)30-25-8-13-28-22(20-25)14-15-34(28)27-9-2-21(3-10-27)29(35)31-24-4-5-24/h2-3,6-15,20,24,30H,4-5,16-19H2,1H3,(H,31,35). The van der Waals surface area contributed by atoms with Crippen LogP contribution in [0.3, 0.4) is 0 Å². The first kappa shape index (κ1) is 21.7. The lowest BCUT2D eigenvalue weighted by Crippen LogP contribution is -2.44. The second-order valence-corrected chi connectivity index (χ2v) is 9.72. The Labute approximate surface area is 206 Å². The van der Waals surface area contributed by atoms with Gasteiger partial charge in [0.1, 0.15) is 0 Å². The Bertz CT molecular complexity index is 1330. The van der Waals surface area contributed by atoms with Gasteiger partial charge in [0.25, 0.3) is 5.91 Å². The molecule has 6 heteroatoms. The summed E-state index contributed by atoms with van der Waals surface area (Å²) in [5, 5.41) is 7.75. The number of hydrogen-bond donors (Lipinski definition) is 2. The first-order valence-corrected chi connectivity index (χ1v) is 12.5. The molecule has 1 aliphatic carbocycles. The number of carbonyl (C=O) groups is 1. The maximum Gasteiger partial charge on any atom is 0.251 e. The van der Waals surface area contributed by atoms with Gasteiger partial charge in [-0.15, -0.1) is 0 Å². The lowest BCUT2D eigenvalue weighted by Gasteiger charge is -2.34. The molecule has 0 radical (unpaired) electrons. The van der Waals surface area contributed by atoms with Crippen molar-refractivity contribution in [2.45, 2.75) is 18.9 Å². The molecule has 0 bridgehead atoms. The molecule has 3 aromatic carbocycles. The summed E-state index contributed by atoms with van der Waals surface area (Å²) in [4.78, 5) is 17.1. The number of aromatic nitrogens is 1. The molecule has 1 aliphatic heterocycles. The zero-order valence-corrected chi connectivity index (χ0v) is 20.1. The minimum atomic E-state index is 0.0173. The molecule has 1 saturated heterocycles. The Morgan fingerprint density at radius 3 is 2.20 bits per heavy atom. The van der Waals surface area contributed by atoms with E-state index in [1.54, 1.807) is 0 Å². The van der Waals surface area contributed by atoms with Crippen molar-refractivity contribution in [1.82, 2.24) is 14.8 Å². The Balaban J connectivity index is 1.15. The number of hydrogen-bond acceptors (Lipinski definition) is 4. The van der Waals surface area contributed by atoms with Gasteiger partial charge in [-0.05, 0) is 92.7 Å². The lowest BCUT2D eigenvalue weighted by molar-refractivity contribution is 0.0951. The number of nitrogens with one attached hydrogen (secondary N) is 2. The van der Waals surface area contributed by atoms with E-state index in [2.05, 4.69) is 86.8 Å². The number of benzene rings is 3. The van der Waals surface area contributed by atoms with Gasteiger partial charge in [-0.2, -0.15) is 0 Å². The van der Waals surface area contributed by atoms with Crippen LogP contribution in [0, 0.1) is 0 Å². The lowest BCUT2D eigenvalue weighted by atomic mass is 10.2. The number of likely N-dealkylation sites (N-methyl/N-ethyl adjacent to an activating group) is 1. The molecule has 2 heterocycles. The quantitative estimate of drug-likeness (QED) is 0.420.